The van der Waals surface area contributed by atoms with Crippen LogP contribution in [0.1, 0.15) is 51.4 Å². The number of nitrogens with two attached hydrogens (primary N) is 4. The monoisotopic (exact) mass is 519 g/mol. The second kappa shape index (κ2) is 18.9. The van der Waals surface area contributed by atoms with Gasteiger partial charge in [-0.1, -0.05) is 0 Å². The minimum absolute atomic E-state index is 0.126. The highest BCUT2D eigenvalue weighted by atomic mass is 32.2. The zero-order valence-electron chi connectivity index (χ0n) is 20.3. The summed E-state index contributed by atoms with van der Waals surface area (Å²) >= 11 is 1.53. The van der Waals surface area contributed by atoms with E-state index in [9.17, 15) is 29.1 Å². The lowest BCUT2D eigenvalue weighted by atomic mass is 10.1. The minimum Gasteiger partial charge on any atom is -0.480 e. The highest BCUT2D eigenvalue weighted by molar-refractivity contribution is 7.98. The van der Waals surface area contributed by atoms with Crippen LogP contribution >= 0.6 is 11.8 Å². The van der Waals surface area contributed by atoms with Crippen molar-refractivity contribution in [2.24, 2.45) is 22.9 Å². The summed E-state index contributed by atoms with van der Waals surface area (Å²) < 4.78 is 0. The van der Waals surface area contributed by atoms with E-state index in [2.05, 4.69) is 16.0 Å². The number of nitrogens with one attached hydrogen (secondary N) is 3. The summed E-state index contributed by atoms with van der Waals surface area (Å²) in [5.41, 5.74) is 22.1. The summed E-state index contributed by atoms with van der Waals surface area (Å²) in [4.78, 5) is 61.2. The molecule has 4 atom stereocenters. The molecule has 12 N–H and O–H groups in total. The highest BCUT2D eigenvalue weighted by Gasteiger charge is 2.31. The molecule has 202 valence electrons. The second-order valence-corrected chi connectivity index (χ2v) is 9.13. The van der Waals surface area contributed by atoms with Gasteiger partial charge in [-0.15, -0.1) is 0 Å². The number of primary amides is 1. The van der Waals surface area contributed by atoms with Gasteiger partial charge < -0.3 is 44.0 Å². The van der Waals surface area contributed by atoms with Crippen LogP contribution in [0.5, 0.6) is 0 Å². The predicted octanol–water partition coefficient (Wildman–Crippen LogP) is -2.26. The van der Waals surface area contributed by atoms with Gasteiger partial charge in [0.15, 0.2) is 0 Å². The number of carboxylic acids is 1. The van der Waals surface area contributed by atoms with Crippen molar-refractivity contribution in [2.45, 2.75) is 75.5 Å². The Kier molecular flexibility index (Phi) is 17.5. The van der Waals surface area contributed by atoms with Crippen molar-refractivity contribution in [3.63, 3.8) is 0 Å². The van der Waals surface area contributed by atoms with E-state index in [4.69, 9.17) is 22.9 Å². The van der Waals surface area contributed by atoms with Gasteiger partial charge in [0.05, 0.1) is 12.5 Å². The molecule has 0 spiro atoms. The van der Waals surface area contributed by atoms with E-state index in [-0.39, 0.29) is 12.8 Å². The lowest BCUT2D eigenvalue weighted by molar-refractivity contribution is -0.142. The maximum atomic E-state index is 13.0. The van der Waals surface area contributed by atoms with Crippen molar-refractivity contribution < 1.29 is 29.1 Å². The molecule has 35 heavy (non-hydrogen) atoms. The quantitative estimate of drug-likeness (QED) is 0.0802. The molecule has 0 aliphatic carbocycles. The maximum absolute atomic E-state index is 13.0. The number of aliphatic carboxylic acids is 1. The normalized spacial score (nSPS) is 14.3. The van der Waals surface area contributed by atoms with Crippen LogP contribution in [0.15, 0.2) is 0 Å². The highest BCUT2D eigenvalue weighted by Crippen LogP contribution is 2.06. The van der Waals surface area contributed by atoms with Crippen LogP contribution < -0.4 is 38.9 Å². The molecule has 0 saturated heterocycles. The Morgan fingerprint density at radius 1 is 0.771 bits per heavy atom. The van der Waals surface area contributed by atoms with Crippen LogP contribution in [-0.2, 0) is 24.0 Å². The van der Waals surface area contributed by atoms with Crippen molar-refractivity contribution >= 4 is 41.4 Å². The molecular formula is C21H41N7O6S. The first kappa shape index (κ1) is 32.6. The Hall–Kier alpha value is -2.42. The molecule has 0 aliphatic heterocycles. The Bertz CT molecular complexity index is 697. The number of carbonyl (C=O) groups excluding carboxylic acids is 4. The maximum Gasteiger partial charge on any atom is 0.326 e. The number of carbonyl (C=O) groups is 5. The number of thioether (sulfide) groups is 1. The molecule has 0 aliphatic rings. The zero-order chi connectivity index (χ0) is 26.8. The number of unbranched alkanes of at least 4 members (excludes halogenated alkanes) is 2. The average molecular weight is 520 g/mol. The van der Waals surface area contributed by atoms with Gasteiger partial charge in [-0.3, -0.25) is 19.2 Å². The Balaban J connectivity index is 5.44. The van der Waals surface area contributed by atoms with Gasteiger partial charge in [0.2, 0.25) is 23.6 Å². The van der Waals surface area contributed by atoms with E-state index < -0.39 is 60.2 Å². The summed E-state index contributed by atoms with van der Waals surface area (Å²) in [5, 5.41) is 16.7. The van der Waals surface area contributed by atoms with E-state index in [0.29, 0.717) is 50.9 Å². The zero-order valence-corrected chi connectivity index (χ0v) is 21.1. The summed E-state index contributed by atoms with van der Waals surface area (Å²) in [6.07, 6.45) is 4.26. The number of carboxylic acid groups (broad SMARTS) is 1. The van der Waals surface area contributed by atoms with E-state index in [0.717, 1.165) is 0 Å². The van der Waals surface area contributed by atoms with Crippen molar-refractivity contribution in [3.05, 3.63) is 0 Å². The van der Waals surface area contributed by atoms with Crippen LogP contribution in [-0.4, -0.2) is 84.0 Å². The molecule has 0 rings (SSSR count). The largest absolute Gasteiger partial charge is 0.480 e. The van der Waals surface area contributed by atoms with Crippen LogP contribution in [0.3, 0.4) is 0 Å². The summed E-state index contributed by atoms with van der Waals surface area (Å²) in [7, 11) is 0. The molecular weight excluding hydrogens is 478 g/mol. The SMILES string of the molecule is CSCCC(N)C(=O)NC(CCCCN)C(=O)NC(CC(N)=O)C(=O)NC(CCCCN)C(=O)O. The van der Waals surface area contributed by atoms with Gasteiger partial charge in [-0.05, 0) is 70.0 Å². The van der Waals surface area contributed by atoms with E-state index in [1.807, 2.05) is 6.26 Å². The number of hydrogen-bond acceptors (Lipinski definition) is 9. The van der Waals surface area contributed by atoms with Crippen molar-refractivity contribution in [1.82, 2.24) is 16.0 Å². The second-order valence-electron chi connectivity index (χ2n) is 8.15. The molecule has 13 nitrogen and oxygen atoms in total. The summed E-state index contributed by atoms with van der Waals surface area (Å²) in [5.74, 6) is -3.58. The molecule has 4 amide bonds. The van der Waals surface area contributed by atoms with Crippen LogP contribution in [0.4, 0.5) is 0 Å². The molecule has 0 aromatic carbocycles. The van der Waals surface area contributed by atoms with Crippen molar-refractivity contribution in [2.75, 3.05) is 25.1 Å². The van der Waals surface area contributed by atoms with Crippen LogP contribution in [0, 0.1) is 0 Å². The van der Waals surface area contributed by atoms with Gasteiger partial charge in [-0.2, -0.15) is 11.8 Å². The third kappa shape index (κ3) is 14.5. The standard InChI is InChI=1S/C21H41N7O6S/c1-35-11-8-13(24)18(30)26-14(6-2-4-9-22)19(31)28-16(12-17(25)29)20(32)27-15(21(33)34)7-3-5-10-23/h13-16H,2-12,22-24H2,1H3,(H2,25,29)(H,26,30)(H,27,32)(H,28,31)(H,33,34). The van der Waals surface area contributed by atoms with E-state index in [1.165, 1.54) is 11.8 Å². The number of amides is 4. The van der Waals surface area contributed by atoms with Gasteiger partial charge in [0.1, 0.15) is 18.1 Å². The topological polar surface area (TPSA) is 246 Å². The molecule has 0 saturated carbocycles. The third-order valence-electron chi connectivity index (χ3n) is 5.15. The fraction of sp³-hybridized carbons (Fsp3) is 0.762. The lowest BCUT2D eigenvalue weighted by Crippen LogP contribution is -2.57. The molecule has 0 aromatic rings. The first-order valence-electron chi connectivity index (χ1n) is 11.6. The van der Waals surface area contributed by atoms with Crippen molar-refractivity contribution in [3.8, 4) is 0 Å². The predicted molar refractivity (Wildman–Crippen MR) is 134 cm³/mol. The first-order valence-corrected chi connectivity index (χ1v) is 13.0. The van der Waals surface area contributed by atoms with Crippen LogP contribution in [0.25, 0.3) is 0 Å². The van der Waals surface area contributed by atoms with E-state index in [1.54, 1.807) is 0 Å². The molecule has 0 bridgehead atoms. The molecule has 0 fully saturated rings. The molecule has 4 unspecified atom stereocenters. The summed E-state index contributed by atoms with van der Waals surface area (Å²) in [6, 6.07) is -4.49. The fourth-order valence-corrected chi connectivity index (χ4v) is 3.61. The number of hydrogen-bond donors (Lipinski definition) is 8. The Labute approximate surface area is 210 Å². The van der Waals surface area contributed by atoms with Crippen LogP contribution in [0.2, 0.25) is 0 Å². The van der Waals surface area contributed by atoms with E-state index >= 15 is 0 Å². The molecule has 0 heterocycles. The smallest absolute Gasteiger partial charge is 0.326 e. The minimum atomic E-state index is -1.42. The van der Waals surface area contributed by atoms with Gasteiger partial charge >= 0.3 is 5.97 Å². The fourth-order valence-electron chi connectivity index (χ4n) is 3.12. The Morgan fingerprint density at radius 3 is 1.74 bits per heavy atom. The average Bonchev–Trinajstić information content (AvgIpc) is 2.80. The molecule has 14 heteroatoms. The van der Waals surface area contributed by atoms with Gasteiger partial charge in [-0.25, -0.2) is 4.79 Å². The van der Waals surface area contributed by atoms with Gasteiger partial charge in [0, 0.05) is 0 Å². The van der Waals surface area contributed by atoms with Gasteiger partial charge in [0.25, 0.3) is 0 Å². The van der Waals surface area contributed by atoms with Crippen molar-refractivity contribution in [1.29, 1.82) is 0 Å². The number of rotatable bonds is 20. The molecule has 0 aromatic heterocycles. The lowest BCUT2D eigenvalue weighted by Gasteiger charge is -2.25. The Morgan fingerprint density at radius 2 is 1.26 bits per heavy atom. The summed E-state index contributed by atoms with van der Waals surface area (Å²) in [6.45, 7) is 0.766. The molecule has 0 radical (unpaired) electrons. The third-order valence-corrected chi connectivity index (χ3v) is 5.79. The first-order chi connectivity index (χ1) is 16.6.